The van der Waals surface area contributed by atoms with Gasteiger partial charge in [-0.2, -0.15) is 4.31 Å². The molecule has 2 amide bonds. The molecule has 130 valence electrons. The Morgan fingerprint density at radius 2 is 1.39 bits per heavy atom. The molecule has 0 aromatic carbocycles. The largest absolute Gasteiger partial charge is 0.343 e. The molecule has 8 heteroatoms. The summed E-state index contributed by atoms with van der Waals surface area (Å²) in [5, 5.41) is -0.180. The van der Waals surface area contributed by atoms with Gasteiger partial charge >= 0.3 is 0 Å². The van der Waals surface area contributed by atoms with E-state index in [9.17, 15) is 18.0 Å². The maximum Gasteiger partial charge on any atom is 0.225 e. The summed E-state index contributed by atoms with van der Waals surface area (Å²) in [6.07, 6.45) is 2.96. The highest BCUT2D eigenvalue weighted by atomic mass is 32.2. The van der Waals surface area contributed by atoms with Crippen LogP contribution in [0, 0.1) is 5.92 Å². The second kappa shape index (κ2) is 6.39. The van der Waals surface area contributed by atoms with Crippen molar-refractivity contribution in [1.82, 2.24) is 14.1 Å². The number of nitrogens with zero attached hydrogens (tertiary/aromatic N) is 3. The third-order valence-electron chi connectivity index (χ3n) is 5.15. The van der Waals surface area contributed by atoms with E-state index in [1.807, 2.05) is 0 Å². The lowest BCUT2D eigenvalue weighted by Gasteiger charge is -2.38. The number of carbonyl (C=O) groups is 2. The van der Waals surface area contributed by atoms with Crippen molar-refractivity contribution in [1.29, 1.82) is 0 Å². The van der Waals surface area contributed by atoms with Gasteiger partial charge in [-0.05, 0) is 25.7 Å². The van der Waals surface area contributed by atoms with Gasteiger partial charge in [-0.25, -0.2) is 8.42 Å². The lowest BCUT2D eigenvalue weighted by atomic mass is 9.95. The minimum atomic E-state index is -3.13. The molecule has 1 aliphatic carbocycles. The van der Waals surface area contributed by atoms with Gasteiger partial charge < -0.3 is 9.80 Å². The van der Waals surface area contributed by atoms with Crippen molar-refractivity contribution in [3.8, 4) is 0 Å². The molecule has 0 bridgehead atoms. The fourth-order valence-electron chi connectivity index (χ4n) is 3.44. The first-order valence-electron chi connectivity index (χ1n) is 8.43. The number of piperazine rings is 1. The molecule has 0 spiro atoms. The first-order valence-corrected chi connectivity index (χ1v) is 9.93. The van der Waals surface area contributed by atoms with E-state index in [2.05, 4.69) is 0 Å². The van der Waals surface area contributed by atoms with Crippen LogP contribution in [0.3, 0.4) is 0 Å². The summed E-state index contributed by atoms with van der Waals surface area (Å²) in [5.74, 6) is 0.156. The minimum absolute atomic E-state index is 0.0304. The molecule has 3 fully saturated rings. The number of likely N-dealkylation sites (tertiary alicyclic amines) is 1. The van der Waals surface area contributed by atoms with Gasteiger partial charge in [-0.3, -0.25) is 9.59 Å². The van der Waals surface area contributed by atoms with Crippen molar-refractivity contribution in [3.63, 3.8) is 0 Å². The second-order valence-electron chi connectivity index (χ2n) is 6.75. The molecule has 0 aromatic heterocycles. The SMILES string of the molecule is CC(=O)N1CCC(C(=O)N2CCN(S(=O)(=O)C3CC3)CC2)CC1. The first kappa shape index (κ1) is 16.7. The van der Waals surface area contributed by atoms with Gasteiger partial charge in [0, 0.05) is 52.1 Å². The summed E-state index contributed by atoms with van der Waals surface area (Å²) in [6.45, 7) is 4.63. The Morgan fingerprint density at radius 1 is 0.826 bits per heavy atom. The molecule has 0 radical (unpaired) electrons. The molecular weight excluding hydrogens is 318 g/mol. The zero-order valence-corrected chi connectivity index (χ0v) is 14.4. The predicted octanol–water partition coefficient (Wildman–Crippen LogP) is -0.119. The van der Waals surface area contributed by atoms with Gasteiger partial charge in [0.15, 0.2) is 0 Å². The van der Waals surface area contributed by atoms with Crippen molar-refractivity contribution in [2.45, 2.75) is 37.9 Å². The van der Waals surface area contributed by atoms with E-state index in [0.717, 1.165) is 12.8 Å². The number of piperidine rings is 1. The Bertz CT molecular complexity index is 572. The van der Waals surface area contributed by atoms with E-state index in [1.165, 1.54) is 0 Å². The number of hydrogen-bond acceptors (Lipinski definition) is 4. The van der Waals surface area contributed by atoms with Crippen LogP contribution in [0.5, 0.6) is 0 Å². The molecule has 0 atom stereocenters. The highest BCUT2D eigenvalue weighted by molar-refractivity contribution is 7.90. The first-order chi connectivity index (χ1) is 10.9. The van der Waals surface area contributed by atoms with Gasteiger partial charge in [-0.15, -0.1) is 0 Å². The van der Waals surface area contributed by atoms with Crippen molar-refractivity contribution in [3.05, 3.63) is 0 Å². The number of rotatable bonds is 3. The van der Waals surface area contributed by atoms with E-state index >= 15 is 0 Å². The Kier molecular flexibility index (Phi) is 4.64. The minimum Gasteiger partial charge on any atom is -0.343 e. The highest BCUT2D eigenvalue weighted by Gasteiger charge is 2.41. The average molecular weight is 343 g/mol. The monoisotopic (exact) mass is 343 g/mol. The summed E-state index contributed by atoms with van der Waals surface area (Å²) in [7, 11) is -3.13. The van der Waals surface area contributed by atoms with Crippen LogP contribution in [0.2, 0.25) is 0 Å². The fraction of sp³-hybridized carbons (Fsp3) is 0.867. The van der Waals surface area contributed by atoms with Gasteiger partial charge in [0.1, 0.15) is 0 Å². The van der Waals surface area contributed by atoms with Crippen LogP contribution >= 0.6 is 0 Å². The molecule has 3 rings (SSSR count). The van der Waals surface area contributed by atoms with Crippen molar-refractivity contribution < 1.29 is 18.0 Å². The molecule has 7 nitrogen and oxygen atoms in total. The van der Waals surface area contributed by atoms with Crippen molar-refractivity contribution in [2.24, 2.45) is 5.92 Å². The lowest BCUT2D eigenvalue weighted by Crippen LogP contribution is -2.53. The molecule has 2 aliphatic heterocycles. The topological polar surface area (TPSA) is 78.0 Å². The molecule has 3 aliphatic rings. The normalized spacial score (nSPS) is 24.7. The van der Waals surface area contributed by atoms with Crippen molar-refractivity contribution in [2.75, 3.05) is 39.3 Å². The van der Waals surface area contributed by atoms with Crippen molar-refractivity contribution >= 4 is 21.8 Å². The molecule has 0 unspecified atom stereocenters. The number of amides is 2. The highest BCUT2D eigenvalue weighted by Crippen LogP contribution is 2.31. The Morgan fingerprint density at radius 3 is 1.87 bits per heavy atom. The van der Waals surface area contributed by atoms with Gasteiger partial charge in [0.05, 0.1) is 5.25 Å². The summed E-state index contributed by atoms with van der Waals surface area (Å²) >= 11 is 0. The van der Waals surface area contributed by atoms with Crippen LogP contribution in [0.15, 0.2) is 0 Å². The summed E-state index contributed by atoms with van der Waals surface area (Å²) in [4.78, 5) is 27.5. The molecule has 0 aromatic rings. The predicted molar refractivity (Wildman–Crippen MR) is 85.1 cm³/mol. The van der Waals surface area contributed by atoms with Crippen LogP contribution in [0.25, 0.3) is 0 Å². The van der Waals surface area contributed by atoms with Gasteiger partial charge in [0.25, 0.3) is 0 Å². The zero-order chi connectivity index (χ0) is 16.6. The quantitative estimate of drug-likeness (QED) is 0.716. The lowest BCUT2D eigenvalue weighted by molar-refractivity contribution is -0.141. The van der Waals surface area contributed by atoms with E-state index in [0.29, 0.717) is 52.1 Å². The smallest absolute Gasteiger partial charge is 0.225 e. The molecular formula is C15H25N3O4S. The van der Waals surface area contributed by atoms with Crippen LogP contribution in [0.4, 0.5) is 0 Å². The van der Waals surface area contributed by atoms with Crippen LogP contribution in [0.1, 0.15) is 32.6 Å². The Balaban J connectivity index is 1.50. The third kappa shape index (κ3) is 3.52. The molecule has 2 heterocycles. The fourth-order valence-corrected chi connectivity index (χ4v) is 5.26. The number of sulfonamides is 1. The van der Waals surface area contributed by atoms with E-state index < -0.39 is 10.0 Å². The van der Waals surface area contributed by atoms with Crippen LogP contribution in [-0.4, -0.2) is 78.9 Å². The molecule has 2 saturated heterocycles. The summed E-state index contributed by atoms with van der Waals surface area (Å²) in [5.41, 5.74) is 0. The summed E-state index contributed by atoms with van der Waals surface area (Å²) in [6, 6.07) is 0. The van der Waals surface area contributed by atoms with Crippen LogP contribution in [-0.2, 0) is 19.6 Å². The maximum absolute atomic E-state index is 12.6. The average Bonchev–Trinajstić information content (AvgIpc) is 3.40. The second-order valence-corrected chi connectivity index (χ2v) is 8.96. The molecule has 1 saturated carbocycles. The third-order valence-corrected chi connectivity index (χ3v) is 7.54. The molecule has 23 heavy (non-hydrogen) atoms. The van der Waals surface area contributed by atoms with E-state index in [1.54, 1.807) is 21.0 Å². The van der Waals surface area contributed by atoms with Gasteiger partial charge in [0.2, 0.25) is 21.8 Å². The maximum atomic E-state index is 12.6. The van der Waals surface area contributed by atoms with Gasteiger partial charge in [-0.1, -0.05) is 0 Å². The number of hydrogen-bond donors (Lipinski definition) is 0. The number of carbonyl (C=O) groups excluding carboxylic acids is 2. The van der Waals surface area contributed by atoms with Crippen LogP contribution < -0.4 is 0 Å². The molecule has 0 N–H and O–H groups in total. The summed E-state index contributed by atoms with van der Waals surface area (Å²) < 4.78 is 26.0. The van der Waals surface area contributed by atoms with E-state index in [4.69, 9.17) is 0 Å². The Labute approximate surface area is 137 Å². The zero-order valence-electron chi connectivity index (χ0n) is 13.6. The van der Waals surface area contributed by atoms with E-state index in [-0.39, 0.29) is 23.0 Å². The Hall–Kier alpha value is -1.15. The standard InChI is InChI=1S/C15H25N3O4S/c1-12(19)16-6-4-13(5-7-16)15(20)17-8-10-18(11-9-17)23(21,22)14-2-3-14/h13-14H,2-11H2,1H3.